The lowest BCUT2D eigenvalue weighted by molar-refractivity contribution is -0.160. The van der Waals surface area contributed by atoms with E-state index in [1.165, 1.54) is 12.8 Å². The Morgan fingerprint density at radius 2 is 0.846 bits per heavy atom. The van der Waals surface area contributed by atoms with Crippen molar-refractivity contribution >= 4 is 19.8 Å². The fourth-order valence-electron chi connectivity index (χ4n) is 5.74. The van der Waals surface area contributed by atoms with Gasteiger partial charge in [0.2, 0.25) is 0 Å². The van der Waals surface area contributed by atoms with Gasteiger partial charge in [-0.2, -0.15) is 0 Å². The zero-order chi connectivity index (χ0) is 47.4. The van der Waals surface area contributed by atoms with Gasteiger partial charge >= 0.3 is 19.8 Å². The van der Waals surface area contributed by atoms with Gasteiger partial charge in [-0.25, -0.2) is 4.57 Å². The lowest BCUT2D eigenvalue weighted by Gasteiger charge is -2.19. The molecular weight excluding hydrogens is 834 g/mol. The highest BCUT2D eigenvalue weighted by atomic mass is 31.2. The second-order valence-electron chi connectivity index (χ2n) is 15.2. The van der Waals surface area contributed by atoms with E-state index in [0.717, 1.165) is 103 Å². The molecular formula is C55H86NO8P. The first-order chi connectivity index (χ1) is 31.8. The maximum Gasteiger partial charge on any atom is 0.472 e. The molecule has 0 radical (unpaired) electrons. The number of carbonyl (C=O) groups is 2. The summed E-state index contributed by atoms with van der Waals surface area (Å²) in [6.45, 7) is 3.34. The van der Waals surface area contributed by atoms with Crippen LogP contribution in [0, 0.1) is 0 Å². The molecule has 3 N–H and O–H groups in total. The number of hydrogen-bond acceptors (Lipinski definition) is 8. The van der Waals surface area contributed by atoms with Crippen LogP contribution in [0.25, 0.3) is 0 Å². The van der Waals surface area contributed by atoms with Crippen LogP contribution in [0.2, 0.25) is 0 Å². The van der Waals surface area contributed by atoms with Crippen LogP contribution in [-0.4, -0.2) is 49.3 Å². The number of hydrogen-bond donors (Lipinski definition) is 2. The number of nitrogens with two attached hydrogens (primary N) is 1. The number of carbonyl (C=O) groups excluding carboxylic acids is 2. The molecule has 0 aliphatic heterocycles. The highest BCUT2D eigenvalue weighted by Crippen LogP contribution is 2.43. The van der Waals surface area contributed by atoms with Gasteiger partial charge in [0.25, 0.3) is 0 Å². The maximum atomic E-state index is 12.6. The van der Waals surface area contributed by atoms with Crippen LogP contribution in [0.1, 0.15) is 155 Å². The van der Waals surface area contributed by atoms with Crippen LogP contribution < -0.4 is 5.73 Å². The van der Waals surface area contributed by atoms with E-state index in [9.17, 15) is 19.0 Å². The Balaban J connectivity index is 4.20. The normalized spacial score (nSPS) is 14.5. The quantitative estimate of drug-likeness (QED) is 0.0265. The number of phosphoric acid groups is 1. The molecule has 0 aliphatic rings. The largest absolute Gasteiger partial charge is 0.472 e. The van der Waals surface area contributed by atoms with E-state index in [0.29, 0.717) is 12.8 Å². The van der Waals surface area contributed by atoms with Crippen molar-refractivity contribution in [3.05, 3.63) is 146 Å². The molecule has 0 fully saturated rings. The van der Waals surface area contributed by atoms with Crippen molar-refractivity contribution in [2.24, 2.45) is 5.73 Å². The Kier molecular flexibility index (Phi) is 46.2. The molecule has 0 amide bonds. The number of unbranched alkanes of at least 4 members (excludes halogenated alkanes) is 7. The van der Waals surface area contributed by atoms with Gasteiger partial charge in [-0.15, -0.1) is 0 Å². The molecule has 0 saturated heterocycles. The molecule has 0 aliphatic carbocycles. The van der Waals surface area contributed by atoms with Gasteiger partial charge in [0, 0.05) is 13.0 Å². The zero-order valence-corrected chi connectivity index (χ0v) is 41.0. The van der Waals surface area contributed by atoms with Crippen LogP contribution in [-0.2, 0) is 32.7 Å². The lowest BCUT2D eigenvalue weighted by atomic mass is 10.1. The average molecular weight is 920 g/mol. The van der Waals surface area contributed by atoms with E-state index >= 15 is 0 Å². The predicted octanol–water partition coefficient (Wildman–Crippen LogP) is 14.8. The maximum absolute atomic E-state index is 12.6. The number of esters is 2. The number of rotatable bonds is 43. The summed E-state index contributed by atoms with van der Waals surface area (Å²) >= 11 is 0. The molecule has 10 heteroatoms. The summed E-state index contributed by atoms with van der Waals surface area (Å²) in [5.41, 5.74) is 5.35. The van der Waals surface area contributed by atoms with Crippen LogP contribution in [0.15, 0.2) is 146 Å². The summed E-state index contributed by atoms with van der Waals surface area (Å²) in [6, 6.07) is 0. The Bertz CT molecular complexity index is 1560. The Hall–Kier alpha value is -4.11. The number of phosphoric ester groups is 1. The van der Waals surface area contributed by atoms with Crippen molar-refractivity contribution in [2.75, 3.05) is 26.4 Å². The standard InChI is InChI=1S/C55H86NO8P/c1-3-5-7-9-11-13-15-17-19-20-21-22-23-24-25-26-27-28-29-30-31-32-34-36-38-40-42-44-46-48-55(58)64-53(52-63-65(59,60)62-50-49-56)51-61-54(57)47-45-43-41-39-37-35-33-18-16-14-12-10-8-6-4-2/h5-8,11-14,17-19,21-22,24-25,27-28,30-31,33,37,39,43,45,53H,3-4,9-10,15-16,20,23,26,29,32,34-36,38,40-42,44,46-52,56H2,1-2H3,(H,59,60)/b7-5-,8-6-,13-11-,14-12-,19-17-,22-21-,25-24-,28-27-,31-30-,33-18-,39-37-,45-43-. The summed E-state index contributed by atoms with van der Waals surface area (Å²) in [4.78, 5) is 34.9. The Labute approximate surface area is 395 Å². The van der Waals surface area contributed by atoms with E-state index in [1.54, 1.807) is 6.08 Å². The van der Waals surface area contributed by atoms with Crippen molar-refractivity contribution in [2.45, 2.75) is 161 Å². The third kappa shape index (κ3) is 49.2. The van der Waals surface area contributed by atoms with Crippen LogP contribution in [0.5, 0.6) is 0 Å². The molecule has 0 saturated carbocycles. The van der Waals surface area contributed by atoms with Crippen molar-refractivity contribution in [3.8, 4) is 0 Å². The SMILES string of the molecule is CC/C=C\C/C=C\C/C=C\C/C=C\C/C=C\C/C=C\C/C=C\CCCCCCCCCC(=O)OC(COC(=O)C/C=C\C/C=C\C/C=C\C/C=C\C/C=C\CC)COP(=O)(O)OCCN. The van der Waals surface area contributed by atoms with E-state index in [4.69, 9.17) is 24.3 Å². The summed E-state index contributed by atoms with van der Waals surface area (Å²) in [5.74, 6) is -1.00. The third-order valence-corrected chi connectivity index (χ3v) is 10.2. The minimum atomic E-state index is -4.42. The van der Waals surface area contributed by atoms with Gasteiger partial charge in [0.1, 0.15) is 6.61 Å². The molecule has 0 heterocycles. The van der Waals surface area contributed by atoms with E-state index < -0.39 is 32.5 Å². The molecule has 0 spiro atoms. The van der Waals surface area contributed by atoms with Crippen LogP contribution in [0.3, 0.4) is 0 Å². The number of allylic oxidation sites excluding steroid dienone is 23. The van der Waals surface area contributed by atoms with E-state index in [2.05, 4.69) is 141 Å². The smallest absolute Gasteiger partial charge is 0.461 e. The summed E-state index contributed by atoms with van der Waals surface area (Å²) in [7, 11) is -4.42. The molecule has 2 unspecified atom stereocenters. The van der Waals surface area contributed by atoms with Gasteiger partial charge in [0.05, 0.1) is 19.6 Å². The molecule has 0 aromatic carbocycles. The molecule has 65 heavy (non-hydrogen) atoms. The van der Waals surface area contributed by atoms with Gasteiger partial charge in [-0.3, -0.25) is 18.6 Å². The fourth-order valence-corrected chi connectivity index (χ4v) is 6.51. The Morgan fingerprint density at radius 3 is 1.26 bits per heavy atom. The highest BCUT2D eigenvalue weighted by molar-refractivity contribution is 7.47. The first kappa shape index (κ1) is 60.9. The zero-order valence-electron chi connectivity index (χ0n) is 40.1. The molecule has 0 rings (SSSR count). The van der Waals surface area contributed by atoms with Crippen molar-refractivity contribution < 1.29 is 37.6 Å². The minimum absolute atomic E-state index is 0.0311. The van der Waals surface area contributed by atoms with Crippen molar-refractivity contribution in [3.63, 3.8) is 0 Å². The molecule has 0 bridgehead atoms. The topological polar surface area (TPSA) is 134 Å². The Morgan fingerprint density at radius 1 is 0.477 bits per heavy atom. The fraction of sp³-hybridized carbons (Fsp3) is 0.527. The second-order valence-corrected chi connectivity index (χ2v) is 16.7. The molecule has 0 aromatic heterocycles. The third-order valence-electron chi connectivity index (χ3n) is 9.25. The molecule has 9 nitrogen and oxygen atoms in total. The van der Waals surface area contributed by atoms with E-state index in [-0.39, 0.29) is 32.6 Å². The number of ether oxygens (including phenoxy) is 2. The summed E-state index contributed by atoms with van der Waals surface area (Å²) in [5, 5.41) is 0. The summed E-state index contributed by atoms with van der Waals surface area (Å²) in [6.07, 6.45) is 70.6. The van der Waals surface area contributed by atoms with Crippen molar-refractivity contribution in [1.82, 2.24) is 0 Å². The monoisotopic (exact) mass is 920 g/mol. The van der Waals surface area contributed by atoms with Gasteiger partial charge in [0.15, 0.2) is 6.10 Å². The first-order valence-corrected chi connectivity index (χ1v) is 25.8. The lowest BCUT2D eigenvalue weighted by Crippen LogP contribution is -2.29. The molecule has 2 atom stereocenters. The van der Waals surface area contributed by atoms with Gasteiger partial charge in [-0.1, -0.05) is 192 Å². The second kappa shape index (κ2) is 49.3. The van der Waals surface area contributed by atoms with Gasteiger partial charge < -0.3 is 20.1 Å². The predicted molar refractivity (Wildman–Crippen MR) is 274 cm³/mol. The van der Waals surface area contributed by atoms with E-state index in [1.807, 2.05) is 12.2 Å². The van der Waals surface area contributed by atoms with Crippen LogP contribution in [0.4, 0.5) is 0 Å². The van der Waals surface area contributed by atoms with Gasteiger partial charge in [-0.05, 0) is 96.3 Å². The van der Waals surface area contributed by atoms with Crippen molar-refractivity contribution in [1.29, 1.82) is 0 Å². The highest BCUT2D eigenvalue weighted by Gasteiger charge is 2.25. The molecule has 0 aromatic rings. The summed E-state index contributed by atoms with van der Waals surface area (Å²) < 4.78 is 32.7. The molecule has 364 valence electrons. The van der Waals surface area contributed by atoms with Crippen LogP contribution >= 0.6 is 7.82 Å². The minimum Gasteiger partial charge on any atom is -0.461 e. The first-order valence-electron chi connectivity index (χ1n) is 24.3. The average Bonchev–Trinajstić information content (AvgIpc) is 3.30.